The second-order valence-corrected chi connectivity index (χ2v) is 6.92. The van der Waals surface area contributed by atoms with Crippen LogP contribution in [0.15, 0.2) is 41.3 Å². The van der Waals surface area contributed by atoms with Crippen LogP contribution in [0.3, 0.4) is 0 Å². The highest BCUT2D eigenvalue weighted by Crippen LogP contribution is 2.39. The van der Waals surface area contributed by atoms with Crippen LogP contribution in [-0.2, 0) is 10.0 Å². The van der Waals surface area contributed by atoms with Gasteiger partial charge in [0.15, 0.2) is 23.0 Å². The second kappa shape index (κ2) is 5.79. The first-order chi connectivity index (χ1) is 11.6. The number of nitrogens with one attached hydrogen (secondary N) is 1. The van der Waals surface area contributed by atoms with Gasteiger partial charge in [-0.2, -0.15) is 0 Å². The molecule has 0 bridgehead atoms. The van der Waals surface area contributed by atoms with Gasteiger partial charge in [-0.3, -0.25) is 4.72 Å². The molecule has 7 nitrogen and oxygen atoms in total. The van der Waals surface area contributed by atoms with Crippen LogP contribution in [0.1, 0.15) is 0 Å². The summed E-state index contributed by atoms with van der Waals surface area (Å²) in [6.45, 7) is 1.65. The molecule has 0 saturated heterocycles. The smallest absolute Gasteiger partial charge is 0.262 e. The number of hydrogen-bond donors (Lipinski definition) is 1. The predicted molar refractivity (Wildman–Crippen MR) is 85.7 cm³/mol. The Morgan fingerprint density at radius 2 is 1.50 bits per heavy atom. The lowest BCUT2D eigenvalue weighted by Gasteiger charge is -2.22. The van der Waals surface area contributed by atoms with Gasteiger partial charge in [0.2, 0.25) is 0 Å². The van der Waals surface area contributed by atoms with Gasteiger partial charge in [-0.1, -0.05) is 6.07 Å². The number of benzene rings is 2. The summed E-state index contributed by atoms with van der Waals surface area (Å²) in [6.07, 6.45) is 0. The lowest BCUT2D eigenvalue weighted by Crippen LogP contribution is -2.19. The van der Waals surface area contributed by atoms with Crippen molar-refractivity contribution in [3.63, 3.8) is 0 Å². The quantitative estimate of drug-likeness (QED) is 0.913. The monoisotopic (exact) mass is 349 g/mol. The molecule has 0 unspecified atom stereocenters. The Balaban J connectivity index is 1.67. The number of sulfonamides is 1. The van der Waals surface area contributed by atoms with E-state index < -0.39 is 10.0 Å². The van der Waals surface area contributed by atoms with Crippen LogP contribution >= 0.6 is 0 Å². The Labute approximate surface area is 139 Å². The summed E-state index contributed by atoms with van der Waals surface area (Å²) < 4.78 is 49.7. The molecule has 0 amide bonds. The lowest BCUT2D eigenvalue weighted by atomic mass is 10.2. The van der Waals surface area contributed by atoms with E-state index in [0.717, 1.165) is 0 Å². The van der Waals surface area contributed by atoms with Crippen molar-refractivity contribution in [1.29, 1.82) is 0 Å². The molecule has 2 aliphatic rings. The van der Waals surface area contributed by atoms with Crippen molar-refractivity contribution in [2.45, 2.75) is 4.90 Å². The van der Waals surface area contributed by atoms with Gasteiger partial charge < -0.3 is 18.9 Å². The molecule has 8 heteroatoms. The minimum absolute atomic E-state index is 0.0843. The summed E-state index contributed by atoms with van der Waals surface area (Å²) in [4.78, 5) is 0.0843. The summed E-state index contributed by atoms with van der Waals surface area (Å²) in [5, 5.41) is 0. The molecule has 126 valence electrons. The molecule has 0 saturated carbocycles. The van der Waals surface area contributed by atoms with Crippen molar-refractivity contribution >= 4 is 15.7 Å². The number of hydrogen-bond acceptors (Lipinski definition) is 6. The Hall–Kier alpha value is -2.61. The molecule has 0 aliphatic carbocycles. The summed E-state index contributed by atoms with van der Waals surface area (Å²) >= 11 is 0. The maximum atomic E-state index is 12.7. The summed E-state index contributed by atoms with van der Waals surface area (Å²) in [5.74, 6) is 1.86. The fourth-order valence-corrected chi connectivity index (χ4v) is 3.63. The lowest BCUT2D eigenvalue weighted by molar-refractivity contribution is 0.171. The van der Waals surface area contributed by atoms with Gasteiger partial charge in [0.25, 0.3) is 10.0 Å². The third-order valence-electron chi connectivity index (χ3n) is 3.63. The molecule has 0 atom stereocenters. The van der Waals surface area contributed by atoms with Crippen LogP contribution in [0.25, 0.3) is 0 Å². The van der Waals surface area contributed by atoms with Crippen LogP contribution < -0.4 is 23.7 Å². The Bertz CT molecular complexity index is 880. The van der Waals surface area contributed by atoms with Crippen molar-refractivity contribution in [3.8, 4) is 23.0 Å². The molecule has 0 aromatic heterocycles. The van der Waals surface area contributed by atoms with Crippen LogP contribution in [0, 0.1) is 0 Å². The zero-order chi connectivity index (χ0) is 16.6. The van der Waals surface area contributed by atoms with Gasteiger partial charge >= 0.3 is 0 Å². The first-order valence-corrected chi connectivity index (χ1v) is 8.93. The minimum atomic E-state index is -3.80. The maximum absolute atomic E-state index is 12.7. The van der Waals surface area contributed by atoms with Crippen molar-refractivity contribution in [1.82, 2.24) is 0 Å². The van der Waals surface area contributed by atoms with E-state index in [1.165, 1.54) is 12.1 Å². The summed E-state index contributed by atoms with van der Waals surface area (Å²) in [5.41, 5.74) is 0.335. The second-order valence-electron chi connectivity index (χ2n) is 5.24. The number of fused-ring (bicyclic) bond motifs is 2. The molecule has 4 rings (SSSR count). The molecular weight excluding hydrogens is 334 g/mol. The highest BCUT2D eigenvalue weighted by atomic mass is 32.2. The number of anilines is 1. The van der Waals surface area contributed by atoms with Gasteiger partial charge in [0.1, 0.15) is 26.4 Å². The first kappa shape index (κ1) is 14.9. The van der Waals surface area contributed by atoms with Gasteiger partial charge in [-0.05, 0) is 24.3 Å². The molecule has 24 heavy (non-hydrogen) atoms. The maximum Gasteiger partial charge on any atom is 0.262 e. The van der Waals surface area contributed by atoms with E-state index in [1.54, 1.807) is 24.3 Å². The van der Waals surface area contributed by atoms with Crippen molar-refractivity contribution in [3.05, 3.63) is 36.4 Å². The van der Waals surface area contributed by atoms with E-state index in [1.807, 2.05) is 0 Å². The van der Waals surface area contributed by atoms with Crippen molar-refractivity contribution in [2.24, 2.45) is 0 Å². The minimum Gasteiger partial charge on any atom is -0.486 e. The SMILES string of the molecule is O=S(=O)(Nc1cccc2c1OCCO2)c1ccc2c(c1)OCCO2. The summed E-state index contributed by atoms with van der Waals surface area (Å²) in [7, 11) is -3.80. The van der Waals surface area contributed by atoms with E-state index >= 15 is 0 Å². The summed E-state index contributed by atoms with van der Waals surface area (Å²) in [6, 6.07) is 9.57. The van der Waals surface area contributed by atoms with Crippen LogP contribution in [-0.4, -0.2) is 34.8 Å². The Morgan fingerprint density at radius 1 is 0.792 bits per heavy atom. The van der Waals surface area contributed by atoms with Crippen LogP contribution in [0.2, 0.25) is 0 Å². The number of ether oxygens (including phenoxy) is 4. The normalized spacial score (nSPS) is 15.7. The van der Waals surface area contributed by atoms with Crippen molar-refractivity contribution < 1.29 is 27.4 Å². The van der Waals surface area contributed by atoms with E-state index in [0.29, 0.717) is 55.1 Å². The molecular formula is C16H15NO6S. The van der Waals surface area contributed by atoms with Crippen LogP contribution in [0.4, 0.5) is 5.69 Å². The topological polar surface area (TPSA) is 83.1 Å². The zero-order valence-corrected chi connectivity index (χ0v) is 13.5. The van der Waals surface area contributed by atoms with Gasteiger partial charge in [-0.25, -0.2) is 8.42 Å². The molecule has 2 aliphatic heterocycles. The van der Waals surface area contributed by atoms with E-state index in [2.05, 4.69) is 4.72 Å². The molecule has 0 fully saturated rings. The third-order valence-corrected chi connectivity index (χ3v) is 5.00. The molecule has 0 radical (unpaired) electrons. The van der Waals surface area contributed by atoms with E-state index in [4.69, 9.17) is 18.9 Å². The van der Waals surface area contributed by atoms with Gasteiger partial charge in [0.05, 0.1) is 10.6 Å². The van der Waals surface area contributed by atoms with Gasteiger partial charge in [-0.15, -0.1) is 0 Å². The highest BCUT2D eigenvalue weighted by Gasteiger charge is 2.23. The molecule has 2 aromatic carbocycles. The third kappa shape index (κ3) is 2.69. The molecule has 1 N–H and O–H groups in total. The largest absolute Gasteiger partial charge is 0.486 e. The average molecular weight is 349 g/mol. The van der Waals surface area contributed by atoms with E-state index in [9.17, 15) is 8.42 Å². The zero-order valence-electron chi connectivity index (χ0n) is 12.7. The fourth-order valence-electron chi connectivity index (χ4n) is 2.55. The average Bonchev–Trinajstić information content (AvgIpc) is 2.61. The standard InChI is InChI=1S/C16H15NO6S/c18-24(19,11-4-5-13-15(10-11)22-7-6-20-13)17-12-2-1-3-14-16(12)23-9-8-21-14/h1-5,10,17H,6-9H2. The van der Waals surface area contributed by atoms with Crippen molar-refractivity contribution in [2.75, 3.05) is 31.1 Å². The van der Waals surface area contributed by atoms with Gasteiger partial charge in [0, 0.05) is 6.07 Å². The molecule has 2 aromatic rings. The molecule has 0 spiro atoms. The Morgan fingerprint density at radius 3 is 2.33 bits per heavy atom. The fraction of sp³-hybridized carbons (Fsp3) is 0.250. The van der Waals surface area contributed by atoms with E-state index in [-0.39, 0.29) is 4.90 Å². The first-order valence-electron chi connectivity index (χ1n) is 7.44. The van der Waals surface area contributed by atoms with Crippen LogP contribution in [0.5, 0.6) is 23.0 Å². The number of para-hydroxylation sites is 1. The Kier molecular flexibility index (Phi) is 3.61. The number of rotatable bonds is 3. The highest BCUT2D eigenvalue weighted by molar-refractivity contribution is 7.92. The predicted octanol–water partition coefficient (Wildman–Crippen LogP) is 2.03. The molecule has 2 heterocycles.